The molecule has 40 heavy (non-hydrogen) atoms. The molecule has 1 N–H and O–H groups in total. The Balaban J connectivity index is 1.49. The maximum atomic E-state index is 3.70. The molecule has 2 aliphatic heterocycles. The zero-order valence-corrected chi connectivity index (χ0v) is 22.3. The van der Waals surface area contributed by atoms with Crippen LogP contribution in [0.3, 0.4) is 0 Å². The van der Waals surface area contributed by atoms with Crippen LogP contribution in [0.1, 0.15) is 22.3 Å². The Morgan fingerprint density at radius 1 is 0.525 bits per heavy atom. The summed E-state index contributed by atoms with van der Waals surface area (Å²) in [5.41, 5.74) is 11.2. The Kier molecular flexibility index (Phi) is 3.84. The predicted molar refractivity (Wildman–Crippen MR) is 166 cm³/mol. The van der Waals surface area contributed by atoms with Gasteiger partial charge in [0.15, 0.2) is 0 Å². The molecule has 3 heteroatoms. The number of fused-ring (bicyclic) bond motifs is 15. The number of H-pyrrole nitrogens is 1. The molecule has 1 unspecified atom stereocenters. The highest BCUT2D eigenvalue weighted by Gasteiger charge is 2.49. The molecule has 0 bridgehead atoms. The molecule has 2 aliphatic rings. The number of para-hydroxylation sites is 4. The van der Waals surface area contributed by atoms with E-state index in [9.17, 15) is 0 Å². The van der Waals surface area contributed by atoms with Crippen LogP contribution in [0.15, 0.2) is 137 Å². The number of benzene rings is 6. The highest BCUT2D eigenvalue weighted by Crippen LogP contribution is 2.61. The molecule has 186 valence electrons. The van der Waals surface area contributed by atoms with E-state index < -0.39 is 5.41 Å². The fourth-order valence-corrected chi connectivity index (χ4v) is 9.06. The molecule has 4 heterocycles. The summed E-state index contributed by atoms with van der Waals surface area (Å²) in [6.45, 7) is 0. The van der Waals surface area contributed by atoms with Crippen LogP contribution in [0.5, 0.6) is 0 Å². The molecule has 6 aromatic carbocycles. The Morgan fingerprint density at radius 2 is 1.25 bits per heavy atom. The van der Waals surface area contributed by atoms with Crippen molar-refractivity contribution in [1.82, 2.24) is 9.55 Å². The molecular weight excluding hydrogens is 504 g/mol. The largest absolute Gasteiger partial charge is 0.354 e. The van der Waals surface area contributed by atoms with Crippen LogP contribution in [0.2, 0.25) is 0 Å². The Labute approximate surface area is 234 Å². The van der Waals surface area contributed by atoms with Gasteiger partial charge in [-0.3, -0.25) is 0 Å². The first-order chi connectivity index (χ1) is 19.9. The SMILES string of the molecule is c1ccc2c(c1)Sc1c(ccc3[nH]c4ccccc4c13)C21c2ccccc2-n2c3ccccc3c3cccc1c32. The minimum atomic E-state index is -0.440. The molecule has 0 aliphatic carbocycles. The molecule has 0 fully saturated rings. The van der Waals surface area contributed by atoms with E-state index in [1.165, 1.54) is 81.3 Å². The van der Waals surface area contributed by atoms with Gasteiger partial charge >= 0.3 is 0 Å². The molecule has 0 saturated carbocycles. The fourth-order valence-electron chi connectivity index (χ4n) is 7.71. The van der Waals surface area contributed by atoms with Gasteiger partial charge in [-0.2, -0.15) is 0 Å². The lowest BCUT2D eigenvalue weighted by Gasteiger charge is -2.45. The Hall–Kier alpha value is -4.73. The monoisotopic (exact) mass is 526 g/mol. The summed E-state index contributed by atoms with van der Waals surface area (Å²) in [6.07, 6.45) is 0. The van der Waals surface area contributed by atoms with Gasteiger partial charge in [0.25, 0.3) is 0 Å². The zero-order valence-electron chi connectivity index (χ0n) is 21.5. The maximum absolute atomic E-state index is 3.70. The van der Waals surface area contributed by atoms with Crippen molar-refractivity contribution in [3.8, 4) is 5.69 Å². The van der Waals surface area contributed by atoms with Crippen LogP contribution in [-0.4, -0.2) is 9.55 Å². The summed E-state index contributed by atoms with van der Waals surface area (Å²) in [7, 11) is 0. The summed E-state index contributed by atoms with van der Waals surface area (Å²) in [4.78, 5) is 6.37. The van der Waals surface area contributed by atoms with E-state index in [0.29, 0.717) is 0 Å². The highest BCUT2D eigenvalue weighted by atomic mass is 32.2. The van der Waals surface area contributed by atoms with Crippen molar-refractivity contribution < 1.29 is 0 Å². The van der Waals surface area contributed by atoms with Gasteiger partial charge in [0.2, 0.25) is 0 Å². The molecule has 0 saturated heterocycles. The molecule has 2 nitrogen and oxygen atoms in total. The lowest BCUT2D eigenvalue weighted by atomic mass is 9.62. The molecule has 2 aromatic heterocycles. The minimum Gasteiger partial charge on any atom is -0.354 e. The number of aromatic nitrogens is 2. The van der Waals surface area contributed by atoms with Crippen molar-refractivity contribution in [2.75, 3.05) is 0 Å². The van der Waals surface area contributed by atoms with Crippen molar-refractivity contribution in [3.05, 3.63) is 150 Å². The van der Waals surface area contributed by atoms with Crippen LogP contribution in [0.4, 0.5) is 0 Å². The minimum absolute atomic E-state index is 0.440. The number of aromatic amines is 1. The van der Waals surface area contributed by atoms with Crippen LogP contribution in [0.25, 0.3) is 49.3 Å². The lowest BCUT2D eigenvalue weighted by Crippen LogP contribution is -2.37. The topological polar surface area (TPSA) is 20.7 Å². The summed E-state index contributed by atoms with van der Waals surface area (Å²) < 4.78 is 2.51. The van der Waals surface area contributed by atoms with E-state index in [1.807, 2.05) is 11.8 Å². The molecule has 1 spiro atoms. The highest BCUT2D eigenvalue weighted by molar-refractivity contribution is 7.99. The molecule has 1 atom stereocenters. The molecular formula is C37H22N2S. The van der Waals surface area contributed by atoms with Gasteiger partial charge in [0.1, 0.15) is 0 Å². The van der Waals surface area contributed by atoms with Gasteiger partial charge in [-0.05, 0) is 52.6 Å². The zero-order chi connectivity index (χ0) is 26.0. The second-order valence-corrected chi connectivity index (χ2v) is 12.0. The average Bonchev–Trinajstić information content (AvgIpc) is 3.56. The van der Waals surface area contributed by atoms with Gasteiger partial charge in [0.05, 0.1) is 22.1 Å². The summed E-state index contributed by atoms with van der Waals surface area (Å²) >= 11 is 1.92. The third-order valence-electron chi connectivity index (χ3n) is 9.18. The smallest absolute Gasteiger partial charge is 0.0764 e. The quantitative estimate of drug-likeness (QED) is 0.209. The molecule has 0 amide bonds. The first-order valence-electron chi connectivity index (χ1n) is 13.8. The van der Waals surface area contributed by atoms with E-state index in [4.69, 9.17) is 0 Å². The Morgan fingerprint density at radius 3 is 2.20 bits per heavy atom. The first-order valence-corrected chi connectivity index (χ1v) is 14.6. The summed E-state index contributed by atoms with van der Waals surface area (Å²) in [6, 6.07) is 47.4. The standard InChI is InChI=1S/C37H22N2S/c1-5-16-29-24(11-1)34-30(38-29)21-20-28-36(34)40-33-19-8-4-14-26(33)37(28)25-13-3-7-18-32(25)39-31-17-6-2-10-22(31)23-12-9-15-27(37)35(23)39/h1-21,38H. The second kappa shape index (κ2) is 7.26. The van der Waals surface area contributed by atoms with E-state index in [1.54, 1.807) is 0 Å². The number of hydrogen-bond acceptors (Lipinski definition) is 1. The van der Waals surface area contributed by atoms with Crippen LogP contribution in [0, 0.1) is 0 Å². The Bertz CT molecular complexity index is 2370. The molecule has 8 aromatic rings. The van der Waals surface area contributed by atoms with Crippen LogP contribution in [-0.2, 0) is 5.41 Å². The lowest BCUT2D eigenvalue weighted by molar-refractivity contribution is 0.692. The van der Waals surface area contributed by atoms with E-state index >= 15 is 0 Å². The van der Waals surface area contributed by atoms with Gasteiger partial charge in [-0.15, -0.1) is 0 Å². The normalized spacial score (nSPS) is 17.0. The van der Waals surface area contributed by atoms with Crippen molar-refractivity contribution >= 4 is 55.4 Å². The van der Waals surface area contributed by atoms with Gasteiger partial charge in [0, 0.05) is 42.4 Å². The van der Waals surface area contributed by atoms with Gasteiger partial charge in [-0.1, -0.05) is 109 Å². The van der Waals surface area contributed by atoms with Crippen molar-refractivity contribution in [2.24, 2.45) is 0 Å². The molecule has 10 rings (SSSR count). The number of nitrogens with one attached hydrogen (secondary N) is 1. The third-order valence-corrected chi connectivity index (χ3v) is 10.4. The number of hydrogen-bond donors (Lipinski definition) is 1. The number of nitrogens with zero attached hydrogens (tertiary/aromatic N) is 1. The van der Waals surface area contributed by atoms with Crippen LogP contribution >= 0.6 is 11.8 Å². The van der Waals surface area contributed by atoms with Crippen molar-refractivity contribution in [1.29, 1.82) is 0 Å². The van der Waals surface area contributed by atoms with E-state index in [-0.39, 0.29) is 0 Å². The van der Waals surface area contributed by atoms with E-state index in [2.05, 4.69) is 137 Å². The number of rotatable bonds is 0. The third kappa shape index (κ3) is 2.32. The van der Waals surface area contributed by atoms with Gasteiger partial charge in [-0.25, -0.2) is 0 Å². The maximum Gasteiger partial charge on any atom is 0.0764 e. The average molecular weight is 527 g/mol. The first kappa shape index (κ1) is 21.1. The second-order valence-electron chi connectivity index (χ2n) is 11.0. The van der Waals surface area contributed by atoms with E-state index in [0.717, 1.165) is 0 Å². The summed E-state index contributed by atoms with van der Waals surface area (Å²) in [5, 5.41) is 5.22. The summed E-state index contributed by atoms with van der Waals surface area (Å²) in [5.74, 6) is 0. The predicted octanol–water partition coefficient (Wildman–Crippen LogP) is 9.58. The van der Waals surface area contributed by atoms with Gasteiger partial charge < -0.3 is 9.55 Å². The van der Waals surface area contributed by atoms with Crippen molar-refractivity contribution in [3.63, 3.8) is 0 Å². The van der Waals surface area contributed by atoms with Crippen LogP contribution < -0.4 is 0 Å². The molecule has 0 radical (unpaired) electrons. The fraction of sp³-hybridized carbons (Fsp3) is 0.0270. The van der Waals surface area contributed by atoms with Crippen molar-refractivity contribution in [2.45, 2.75) is 15.2 Å².